The van der Waals surface area contributed by atoms with Crippen molar-refractivity contribution in [1.82, 2.24) is 16.0 Å². The summed E-state index contributed by atoms with van der Waals surface area (Å²) in [4.78, 5) is 33.4. The fraction of sp³-hybridized carbons (Fsp3) is 0.471. The van der Waals surface area contributed by atoms with Gasteiger partial charge in [0.15, 0.2) is 0 Å². The zero-order valence-electron chi connectivity index (χ0n) is 14.0. The zero-order valence-corrected chi connectivity index (χ0v) is 14.0. The highest BCUT2D eigenvalue weighted by Crippen LogP contribution is 2.01. The van der Waals surface area contributed by atoms with Gasteiger partial charge in [-0.05, 0) is 31.5 Å². The van der Waals surface area contributed by atoms with Crippen LogP contribution in [0.4, 0.5) is 0 Å². The first-order valence-electron chi connectivity index (χ1n) is 8.22. The Labute approximate surface area is 146 Å². The molecule has 1 aromatic carbocycles. The van der Waals surface area contributed by atoms with E-state index in [9.17, 15) is 19.5 Å². The molecule has 138 valence electrons. The van der Waals surface area contributed by atoms with Gasteiger partial charge in [0.05, 0.1) is 6.54 Å². The number of aliphatic carboxylic acids is 2. The summed E-state index contributed by atoms with van der Waals surface area (Å²) >= 11 is 0. The van der Waals surface area contributed by atoms with Crippen molar-refractivity contribution in [2.75, 3.05) is 26.2 Å². The lowest BCUT2D eigenvalue weighted by Crippen LogP contribution is -2.41. The first kappa shape index (κ1) is 20.6. The summed E-state index contributed by atoms with van der Waals surface area (Å²) in [6, 6.07) is 8.11. The van der Waals surface area contributed by atoms with Crippen molar-refractivity contribution in [3.05, 3.63) is 35.9 Å². The van der Waals surface area contributed by atoms with Crippen molar-refractivity contribution in [2.24, 2.45) is 0 Å². The quantitative estimate of drug-likeness (QED) is 0.323. The van der Waals surface area contributed by atoms with Gasteiger partial charge in [0, 0.05) is 18.7 Å². The molecule has 25 heavy (non-hydrogen) atoms. The Bertz CT molecular complexity index is 550. The number of nitrogens with one attached hydrogen (secondary N) is 3. The molecule has 0 bridgehead atoms. The Morgan fingerprint density at radius 2 is 1.68 bits per heavy atom. The van der Waals surface area contributed by atoms with Gasteiger partial charge in [0.25, 0.3) is 5.91 Å². The molecule has 1 aromatic rings. The van der Waals surface area contributed by atoms with Crippen LogP contribution in [0.3, 0.4) is 0 Å². The SMILES string of the molecule is O=C(O)CNCCCC[C@H](NCCNC(=O)c1ccccc1)C(=O)O. The van der Waals surface area contributed by atoms with Gasteiger partial charge in [-0.15, -0.1) is 0 Å². The second-order valence-electron chi connectivity index (χ2n) is 5.53. The van der Waals surface area contributed by atoms with E-state index in [4.69, 9.17) is 5.11 Å². The molecule has 0 radical (unpaired) electrons. The summed E-state index contributed by atoms with van der Waals surface area (Å²) in [5.41, 5.74) is 0.561. The summed E-state index contributed by atoms with van der Waals surface area (Å²) in [5, 5.41) is 26.1. The van der Waals surface area contributed by atoms with Gasteiger partial charge in [0.1, 0.15) is 6.04 Å². The van der Waals surface area contributed by atoms with Crippen molar-refractivity contribution in [3.63, 3.8) is 0 Å². The minimum absolute atomic E-state index is 0.0955. The molecule has 8 heteroatoms. The third kappa shape index (κ3) is 9.43. The number of carboxylic acids is 2. The molecule has 1 rings (SSSR count). The van der Waals surface area contributed by atoms with Crippen molar-refractivity contribution in [3.8, 4) is 0 Å². The van der Waals surface area contributed by atoms with E-state index in [1.54, 1.807) is 24.3 Å². The van der Waals surface area contributed by atoms with E-state index in [-0.39, 0.29) is 12.5 Å². The van der Waals surface area contributed by atoms with Gasteiger partial charge in [0.2, 0.25) is 0 Å². The standard InChI is InChI=1S/C17H25N3O5/c21-15(22)12-18-9-5-4-8-14(17(24)25)19-10-11-20-16(23)13-6-2-1-3-7-13/h1-3,6-7,14,18-19H,4-5,8-12H2,(H,20,23)(H,21,22)(H,24,25)/t14-/m0/s1. The van der Waals surface area contributed by atoms with E-state index >= 15 is 0 Å². The normalized spacial score (nSPS) is 11.7. The maximum atomic E-state index is 11.8. The minimum Gasteiger partial charge on any atom is -0.480 e. The Hall–Kier alpha value is -2.45. The first-order chi connectivity index (χ1) is 12.0. The van der Waals surface area contributed by atoms with Crippen molar-refractivity contribution < 1.29 is 24.6 Å². The molecule has 1 amide bonds. The van der Waals surface area contributed by atoms with Crippen LogP contribution >= 0.6 is 0 Å². The summed E-state index contributed by atoms with van der Waals surface area (Å²) in [6.07, 6.45) is 1.80. The van der Waals surface area contributed by atoms with E-state index in [1.807, 2.05) is 6.07 Å². The van der Waals surface area contributed by atoms with Gasteiger partial charge in [-0.25, -0.2) is 0 Å². The van der Waals surface area contributed by atoms with Crippen LogP contribution in [0.5, 0.6) is 0 Å². The molecule has 0 spiro atoms. The molecule has 8 nitrogen and oxygen atoms in total. The number of carbonyl (C=O) groups is 3. The average Bonchev–Trinajstić information content (AvgIpc) is 2.59. The fourth-order valence-corrected chi connectivity index (χ4v) is 2.22. The van der Waals surface area contributed by atoms with Crippen molar-refractivity contribution in [2.45, 2.75) is 25.3 Å². The van der Waals surface area contributed by atoms with Crippen LogP contribution < -0.4 is 16.0 Å². The van der Waals surface area contributed by atoms with Gasteiger partial charge < -0.3 is 26.2 Å². The molecule has 0 unspecified atom stereocenters. The van der Waals surface area contributed by atoms with Crippen LogP contribution in [0, 0.1) is 0 Å². The highest BCUT2D eigenvalue weighted by Gasteiger charge is 2.15. The van der Waals surface area contributed by atoms with Crippen LogP contribution in [0.25, 0.3) is 0 Å². The summed E-state index contributed by atoms with van der Waals surface area (Å²) in [6.45, 7) is 1.12. The predicted molar refractivity (Wildman–Crippen MR) is 92.6 cm³/mol. The topological polar surface area (TPSA) is 128 Å². The molecule has 0 aliphatic carbocycles. The molecule has 1 atom stereocenters. The van der Waals surface area contributed by atoms with E-state index < -0.39 is 18.0 Å². The number of carboxylic acid groups (broad SMARTS) is 2. The second kappa shape index (κ2) is 12.0. The van der Waals surface area contributed by atoms with E-state index in [2.05, 4.69) is 16.0 Å². The van der Waals surface area contributed by atoms with Crippen LogP contribution in [0.15, 0.2) is 30.3 Å². The fourth-order valence-electron chi connectivity index (χ4n) is 2.22. The Morgan fingerprint density at radius 3 is 2.32 bits per heavy atom. The first-order valence-corrected chi connectivity index (χ1v) is 8.22. The van der Waals surface area contributed by atoms with E-state index in [0.717, 1.165) is 0 Å². The third-order valence-corrected chi connectivity index (χ3v) is 3.51. The lowest BCUT2D eigenvalue weighted by Gasteiger charge is -2.14. The molecule has 0 saturated carbocycles. The second-order valence-corrected chi connectivity index (χ2v) is 5.53. The summed E-state index contributed by atoms with van der Waals surface area (Å²) in [7, 11) is 0. The molecule has 0 saturated heterocycles. The number of rotatable bonds is 13. The molecule has 0 heterocycles. The monoisotopic (exact) mass is 351 g/mol. The number of unbranched alkanes of at least 4 members (excludes halogenated alkanes) is 1. The molecular formula is C17H25N3O5. The molecule has 0 aliphatic rings. The number of amides is 1. The van der Waals surface area contributed by atoms with Crippen LogP contribution in [0.2, 0.25) is 0 Å². The lowest BCUT2D eigenvalue weighted by molar-refractivity contribution is -0.139. The summed E-state index contributed by atoms with van der Waals surface area (Å²) < 4.78 is 0. The number of benzene rings is 1. The maximum absolute atomic E-state index is 11.8. The van der Waals surface area contributed by atoms with Gasteiger partial charge in [-0.3, -0.25) is 14.4 Å². The largest absolute Gasteiger partial charge is 0.480 e. The van der Waals surface area contributed by atoms with Gasteiger partial charge in [-0.2, -0.15) is 0 Å². The van der Waals surface area contributed by atoms with Gasteiger partial charge in [-0.1, -0.05) is 24.6 Å². The molecule has 0 aliphatic heterocycles. The Balaban J connectivity index is 2.17. The van der Waals surface area contributed by atoms with Crippen LogP contribution in [-0.2, 0) is 9.59 Å². The van der Waals surface area contributed by atoms with E-state index in [1.165, 1.54) is 0 Å². The van der Waals surface area contributed by atoms with Crippen LogP contribution in [0.1, 0.15) is 29.6 Å². The highest BCUT2D eigenvalue weighted by atomic mass is 16.4. The number of carbonyl (C=O) groups excluding carboxylic acids is 1. The predicted octanol–water partition coefficient (Wildman–Crippen LogP) is 0.304. The average molecular weight is 351 g/mol. The van der Waals surface area contributed by atoms with Crippen LogP contribution in [-0.4, -0.2) is 60.3 Å². The van der Waals surface area contributed by atoms with Gasteiger partial charge >= 0.3 is 11.9 Å². The van der Waals surface area contributed by atoms with Crippen molar-refractivity contribution >= 4 is 17.8 Å². The molecular weight excluding hydrogens is 326 g/mol. The third-order valence-electron chi connectivity index (χ3n) is 3.51. The number of hydrogen-bond acceptors (Lipinski definition) is 5. The van der Waals surface area contributed by atoms with Crippen molar-refractivity contribution in [1.29, 1.82) is 0 Å². The maximum Gasteiger partial charge on any atom is 0.320 e. The number of hydrogen-bond donors (Lipinski definition) is 5. The molecule has 0 fully saturated rings. The molecule has 0 aromatic heterocycles. The Morgan fingerprint density at radius 1 is 0.960 bits per heavy atom. The zero-order chi connectivity index (χ0) is 18.5. The molecule has 5 N–H and O–H groups in total. The summed E-state index contributed by atoms with van der Waals surface area (Å²) in [5.74, 6) is -2.05. The van der Waals surface area contributed by atoms with E-state index in [0.29, 0.717) is 44.5 Å². The lowest BCUT2D eigenvalue weighted by atomic mass is 10.1. The Kier molecular flexibility index (Phi) is 9.88. The highest BCUT2D eigenvalue weighted by molar-refractivity contribution is 5.94. The minimum atomic E-state index is -0.937. The smallest absolute Gasteiger partial charge is 0.320 e.